The lowest BCUT2D eigenvalue weighted by atomic mass is 9.94. The van der Waals surface area contributed by atoms with Gasteiger partial charge in [0.2, 0.25) is 0 Å². The Morgan fingerprint density at radius 3 is 2.89 bits per heavy atom. The van der Waals surface area contributed by atoms with Crippen LogP contribution in [0.4, 0.5) is 11.5 Å². The van der Waals surface area contributed by atoms with E-state index in [0.29, 0.717) is 42.8 Å². The zero-order valence-corrected chi connectivity index (χ0v) is 16.4. The molecule has 2 N–H and O–H groups in total. The van der Waals surface area contributed by atoms with Crippen molar-refractivity contribution in [3.05, 3.63) is 45.6 Å². The molecule has 0 amide bonds. The molecule has 0 bridgehead atoms. The Labute approximate surface area is 163 Å². The van der Waals surface area contributed by atoms with Crippen LogP contribution >= 0.6 is 11.6 Å². The first-order valence-corrected chi connectivity index (χ1v) is 9.22. The van der Waals surface area contributed by atoms with Crippen LogP contribution in [0.2, 0.25) is 5.15 Å². The minimum atomic E-state index is -0.305. The van der Waals surface area contributed by atoms with E-state index in [9.17, 15) is 4.79 Å². The molecule has 8 heteroatoms. The molecule has 0 saturated carbocycles. The number of carbonyl (C=O) groups excluding carboxylic acids is 1. The first kappa shape index (κ1) is 19.4. The number of nitrogen functional groups attached to an aromatic ring is 1. The van der Waals surface area contributed by atoms with Crippen LogP contribution in [-0.2, 0) is 9.47 Å². The maximum atomic E-state index is 12.1. The van der Waals surface area contributed by atoms with E-state index in [0.717, 1.165) is 22.4 Å². The van der Waals surface area contributed by atoms with E-state index < -0.39 is 0 Å². The molecule has 2 heterocycles. The molecule has 27 heavy (non-hydrogen) atoms. The molecule has 1 aliphatic heterocycles. The Hall–Kier alpha value is -2.38. The molecule has 1 atom stereocenters. The molecule has 1 aromatic carbocycles. The van der Waals surface area contributed by atoms with Crippen molar-refractivity contribution in [2.24, 2.45) is 0 Å². The molecule has 1 fully saturated rings. The van der Waals surface area contributed by atoms with Gasteiger partial charge in [-0.2, -0.15) is 0 Å². The highest BCUT2D eigenvalue weighted by atomic mass is 35.5. The number of hydrogen-bond acceptors (Lipinski definition) is 7. The minimum absolute atomic E-state index is 0.153. The Morgan fingerprint density at radius 1 is 1.37 bits per heavy atom. The van der Waals surface area contributed by atoms with Crippen molar-refractivity contribution >= 4 is 29.1 Å². The second kappa shape index (κ2) is 8.10. The first-order chi connectivity index (χ1) is 12.9. The number of ether oxygens (including phenoxy) is 2. The lowest BCUT2D eigenvalue weighted by Crippen LogP contribution is -2.39. The van der Waals surface area contributed by atoms with E-state index in [2.05, 4.69) is 15.1 Å². The Morgan fingerprint density at radius 2 is 2.15 bits per heavy atom. The van der Waals surface area contributed by atoms with Crippen molar-refractivity contribution in [1.82, 2.24) is 10.2 Å². The number of carbonyl (C=O) groups is 1. The zero-order valence-electron chi connectivity index (χ0n) is 15.7. The number of anilines is 2. The number of benzene rings is 1. The first-order valence-electron chi connectivity index (χ1n) is 8.84. The maximum Gasteiger partial charge on any atom is 0.338 e. The topological polar surface area (TPSA) is 90.6 Å². The average molecular weight is 391 g/mol. The molecular formula is C19H23ClN4O3. The Balaban J connectivity index is 1.87. The van der Waals surface area contributed by atoms with Crippen LogP contribution in [0, 0.1) is 13.8 Å². The van der Waals surface area contributed by atoms with Gasteiger partial charge in [-0.1, -0.05) is 17.7 Å². The summed E-state index contributed by atoms with van der Waals surface area (Å²) in [6.07, 6.45) is -0.153. The smallest absolute Gasteiger partial charge is 0.338 e. The van der Waals surface area contributed by atoms with Gasteiger partial charge < -0.3 is 20.1 Å². The molecule has 1 aromatic heterocycles. The monoisotopic (exact) mass is 390 g/mol. The fraction of sp³-hybridized carbons (Fsp3) is 0.421. The highest BCUT2D eigenvalue weighted by molar-refractivity contribution is 6.29. The van der Waals surface area contributed by atoms with Gasteiger partial charge in [0.25, 0.3) is 0 Å². The number of hydrogen-bond donors (Lipinski definition) is 1. The Bertz CT molecular complexity index is 859. The summed E-state index contributed by atoms with van der Waals surface area (Å²) in [5.74, 6) is 0.0340. The third-order valence-electron chi connectivity index (χ3n) is 4.85. The van der Waals surface area contributed by atoms with Gasteiger partial charge in [0, 0.05) is 19.2 Å². The molecule has 2 aromatic rings. The quantitative estimate of drug-likeness (QED) is 0.802. The van der Waals surface area contributed by atoms with Crippen molar-refractivity contribution in [2.75, 3.05) is 36.9 Å². The second-order valence-corrected chi connectivity index (χ2v) is 6.80. The second-order valence-electron chi connectivity index (χ2n) is 6.42. The van der Waals surface area contributed by atoms with Gasteiger partial charge in [0.1, 0.15) is 6.10 Å². The molecule has 1 saturated heterocycles. The summed E-state index contributed by atoms with van der Waals surface area (Å²) in [5, 5.41) is 7.96. The number of nitrogens with zero attached hydrogens (tertiary/aromatic N) is 3. The molecule has 144 valence electrons. The molecular weight excluding hydrogens is 368 g/mol. The fourth-order valence-corrected chi connectivity index (χ4v) is 3.44. The summed E-state index contributed by atoms with van der Waals surface area (Å²) in [5.41, 5.74) is 10.3. The predicted molar refractivity (Wildman–Crippen MR) is 104 cm³/mol. The van der Waals surface area contributed by atoms with Gasteiger partial charge in [-0.25, -0.2) is 4.79 Å². The fourth-order valence-electron chi connectivity index (χ4n) is 3.30. The van der Waals surface area contributed by atoms with Gasteiger partial charge in [0.05, 0.1) is 24.5 Å². The third-order valence-corrected chi connectivity index (χ3v) is 5.03. The molecule has 3 rings (SSSR count). The van der Waals surface area contributed by atoms with Gasteiger partial charge in [0.15, 0.2) is 11.0 Å². The largest absolute Gasteiger partial charge is 0.462 e. The van der Waals surface area contributed by atoms with Gasteiger partial charge in [-0.05, 0) is 43.5 Å². The predicted octanol–water partition coefficient (Wildman–Crippen LogP) is 3.08. The number of morpholine rings is 1. The average Bonchev–Trinajstić information content (AvgIpc) is 2.66. The summed E-state index contributed by atoms with van der Waals surface area (Å²) >= 11 is 5.98. The van der Waals surface area contributed by atoms with Crippen LogP contribution in [0.3, 0.4) is 0 Å². The van der Waals surface area contributed by atoms with Crippen molar-refractivity contribution in [2.45, 2.75) is 26.9 Å². The minimum Gasteiger partial charge on any atom is -0.462 e. The van der Waals surface area contributed by atoms with E-state index in [4.69, 9.17) is 26.8 Å². The van der Waals surface area contributed by atoms with Crippen LogP contribution in [0.5, 0.6) is 0 Å². The lowest BCUT2D eigenvalue weighted by Gasteiger charge is -2.35. The highest BCUT2D eigenvalue weighted by Crippen LogP contribution is 2.32. The van der Waals surface area contributed by atoms with Crippen molar-refractivity contribution in [3.8, 4) is 0 Å². The van der Waals surface area contributed by atoms with Gasteiger partial charge >= 0.3 is 5.97 Å². The Kier molecular flexibility index (Phi) is 5.82. The molecule has 0 radical (unpaired) electrons. The molecule has 0 aliphatic carbocycles. The summed E-state index contributed by atoms with van der Waals surface area (Å²) < 4.78 is 11.1. The van der Waals surface area contributed by atoms with E-state index in [-0.39, 0.29) is 12.1 Å². The van der Waals surface area contributed by atoms with Crippen LogP contribution in [0.1, 0.15) is 40.1 Å². The van der Waals surface area contributed by atoms with Crippen molar-refractivity contribution in [3.63, 3.8) is 0 Å². The molecule has 1 aliphatic rings. The number of esters is 1. The van der Waals surface area contributed by atoms with Crippen molar-refractivity contribution in [1.29, 1.82) is 0 Å². The van der Waals surface area contributed by atoms with E-state index in [1.54, 1.807) is 19.1 Å². The van der Waals surface area contributed by atoms with Crippen molar-refractivity contribution < 1.29 is 14.3 Å². The summed E-state index contributed by atoms with van der Waals surface area (Å²) in [6.45, 7) is 7.90. The van der Waals surface area contributed by atoms with Crippen LogP contribution in [0.25, 0.3) is 0 Å². The standard InChI is InChI=1S/C19H23ClN4O3/c1-4-26-19(25)14-6-5-13(11(2)12(14)3)16-10-24(7-8-27-16)15-9-17(20)22-23-18(15)21/h5-6,9,16H,4,7-8,10H2,1-3H3,(H2,21,23)/t16-/m1/s1. The third kappa shape index (κ3) is 3.99. The molecule has 0 spiro atoms. The number of halogens is 1. The van der Waals surface area contributed by atoms with Gasteiger partial charge in [-0.15, -0.1) is 10.2 Å². The SMILES string of the molecule is CCOC(=O)c1ccc([C@H]2CN(c3cc(Cl)nnc3N)CCO2)c(C)c1C. The van der Waals surface area contributed by atoms with Crippen LogP contribution < -0.4 is 10.6 Å². The maximum absolute atomic E-state index is 12.1. The number of nitrogens with two attached hydrogens (primary N) is 1. The van der Waals surface area contributed by atoms with E-state index in [1.165, 1.54) is 0 Å². The van der Waals surface area contributed by atoms with Crippen LogP contribution in [0.15, 0.2) is 18.2 Å². The summed E-state index contributed by atoms with van der Waals surface area (Å²) in [4.78, 5) is 14.2. The van der Waals surface area contributed by atoms with E-state index >= 15 is 0 Å². The lowest BCUT2D eigenvalue weighted by molar-refractivity contribution is 0.0392. The highest BCUT2D eigenvalue weighted by Gasteiger charge is 2.26. The zero-order chi connectivity index (χ0) is 19.6. The molecule has 0 unspecified atom stereocenters. The summed E-state index contributed by atoms with van der Waals surface area (Å²) in [7, 11) is 0. The summed E-state index contributed by atoms with van der Waals surface area (Å²) in [6, 6.07) is 5.45. The number of rotatable bonds is 4. The van der Waals surface area contributed by atoms with Crippen LogP contribution in [-0.4, -0.2) is 42.5 Å². The molecule has 7 nitrogen and oxygen atoms in total. The van der Waals surface area contributed by atoms with E-state index in [1.807, 2.05) is 19.9 Å². The van der Waals surface area contributed by atoms with Gasteiger partial charge in [-0.3, -0.25) is 0 Å². The number of aromatic nitrogens is 2. The normalized spacial score (nSPS) is 17.0.